The molecule has 0 bridgehead atoms. The smallest absolute Gasteiger partial charge is 0.445 e. The minimum atomic E-state index is -6.86. The van der Waals surface area contributed by atoms with Crippen LogP contribution in [-0.4, -0.2) is 6.98 Å². The van der Waals surface area contributed by atoms with Gasteiger partial charge in [-0.2, -0.15) is 39.5 Å². The minimum absolute atomic E-state index is 0.986. The third kappa shape index (κ3) is 3.80. The second kappa shape index (κ2) is 4.98. The molecular weight excluding hydrogens is 347 g/mol. The van der Waals surface area contributed by atoms with Crippen LogP contribution in [0.5, 0.6) is 0 Å². The average molecular weight is 349 g/mol. The van der Waals surface area contributed by atoms with Gasteiger partial charge in [0.1, 0.15) is 0 Å². The molecule has 0 saturated heterocycles. The fourth-order valence-corrected chi connectivity index (χ4v) is 1.64. The monoisotopic (exact) mass is 349 g/mol. The topological polar surface area (TPSA) is 0 Å². The summed E-state index contributed by atoms with van der Waals surface area (Å²) >= 11 is 0. The Balaban J connectivity index is 3.96. The Labute approximate surface area is 113 Å². The van der Waals surface area contributed by atoms with Crippen LogP contribution in [0.3, 0.4) is 0 Å². The lowest BCUT2D eigenvalue weighted by molar-refractivity contribution is -0.147. The van der Waals surface area contributed by atoms with E-state index in [9.17, 15) is 52.5 Å². The van der Waals surface area contributed by atoms with E-state index < -0.39 is 59.8 Å². The minimum Gasteiger partial charge on any atom is -0.445 e. The van der Waals surface area contributed by atoms with Crippen LogP contribution in [0.2, 0.25) is 0 Å². The number of benzene rings is 1. The van der Waals surface area contributed by atoms with Gasteiger partial charge in [-0.1, -0.05) is 5.46 Å². The van der Waals surface area contributed by atoms with E-state index in [0.717, 1.165) is 0 Å². The molecule has 0 spiro atoms. The van der Waals surface area contributed by atoms with Gasteiger partial charge >= 0.3 is 25.5 Å². The zero-order chi connectivity index (χ0) is 17.7. The summed E-state index contributed by atoms with van der Waals surface area (Å²) in [6, 6.07) is -1.97. The lowest BCUT2D eigenvalue weighted by Crippen LogP contribution is -2.44. The summed E-state index contributed by atoms with van der Waals surface area (Å²) in [5.74, 6) is 0. The largest absolute Gasteiger partial charge is 0.510 e. The van der Waals surface area contributed by atoms with Crippen LogP contribution in [0, 0.1) is 0 Å². The highest BCUT2D eigenvalue weighted by molar-refractivity contribution is 6.74. The van der Waals surface area contributed by atoms with Gasteiger partial charge in [-0.05, 0) is 12.1 Å². The normalized spacial score (nSPS) is 14.4. The maximum atomic E-state index is 12.6. The molecule has 0 saturated carbocycles. The molecule has 0 aromatic heterocycles. The predicted octanol–water partition coefficient (Wildman–Crippen LogP) is 4.80. The zero-order valence-corrected chi connectivity index (χ0v) is 9.77. The molecule has 13 heteroatoms. The average Bonchev–Trinajstić information content (AvgIpc) is 2.22. The molecule has 1 aromatic rings. The number of halogens is 12. The van der Waals surface area contributed by atoms with Crippen molar-refractivity contribution in [3.63, 3.8) is 0 Å². The van der Waals surface area contributed by atoms with Gasteiger partial charge in [0.2, 0.25) is 0 Å². The Bertz CT molecular complexity index is 523. The molecule has 1 rings (SSSR count). The SMILES string of the molecule is F[B-](F)(F)c1c(C(F)(F)F)cc(C(F)(F)F)cc1C(F)(F)F. The van der Waals surface area contributed by atoms with E-state index in [0.29, 0.717) is 0 Å². The van der Waals surface area contributed by atoms with E-state index >= 15 is 0 Å². The van der Waals surface area contributed by atoms with Crippen LogP contribution in [0.15, 0.2) is 12.1 Å². The molecule has 0 amide bonds. The number of hydrogen-bond acceptors (Lipinski definition) is 0. The first-order chi connectivity index (χ1) is 9.45. The second-order valence-corrected chi connectivity index (χ2v) is 4.05. The molecule has 22 heavy (non-hydrogen) atoms. The van der Waals surface area contributed by atoms with Crippen LogP contribution in [0.1, 0.15) is 16.7 Å². The molecule has 0 aliphatic rings. The van der Waals surface area contributed by atoms with Gasteiger partial charge < -0.3 is 12.9 Å². The van der Waals surface area contributed by atoms with Crippen molar-refractivity contribution in [2.45, 2.75) is 18.5 Å². The van der Waals surface area contributed by atoms with E-state index in [4.69, 9.17) is 0 Å². The Morgan fingerprint density at radius 2 is 0.909 bits per heavy atom. The van der Waals surface area contributed by atoms with Gasteiger partial charge in [0.15, 0.2) is 0 Å². The van der Waals surface area contributed by atoms with Gasteiger partial charge in [-0.25, -0.2) is 0 Å². The van der Waals surface area contributed by atoms with E-state index in [1.54, 1.807) is 0 Å². The zero-order valence-electron chi connectivity index (χ0n) is 9.77. The van der Waals surface area contributed by atoms with E-state index in [1.165, 1.54) is 0 Å². The van der Waals surface area contributed by atoms with E-state index in [2.05, 4.69) is 0 Å². The van der Waals surface area contributed by atoms with Gasteiger partial charge in [0.25, 0.3) is 0 Å². The van der Waals surface area contributed by atoms with E-state index in [-0.39, 0.29) is 0 Å². The van der Waals surface area contributed by atoms with Crippen LogP contribution in [0.4, 0.5) is 52.5 Å². The van der Waals surface area contributed by atoms with Gasteiger partial charge in [-0.15, -0.1) is 0 Å². The van der Waals surface area contributed by atoms with Crippen molar-refractivity contribution in [1.29, 1.82) is 0 Å². The molecular formula is C9H2BF12-. The van der Waals surface area contributed by atoms with Gasteiger partial charge in [-0.3, -0.25) is 0 Å². The fraction of sp³-hybridized carbons (Fsp3) is 0.333. The second-order valence-electron chi connectivity index (χ2n) is 4.05. The third-order valence-electron chi connectivity index (χ3n) is 2.45. The standard InChI is InChI=1S/C9H2BF12/c11-7(12,13)3-1-4(8(14,15)16)6(10(20,21)22)5(2-3)9(17,18)19/h1-2H/q-1. The highest BCUT2D eigenvalue weighted by Crippen LogP contribution is 2.41. The molecule has 0 N–H and O–H groups in total. The fourth-order valence-electron chi connectivity index (χ4n) is 1.64. The van der Waals surface area contributed by atoms with Crippen molar-refractivity contribution in [3.05, 3.63) is 28.8 Å². The highest BCUT2D eigenvalue weighted by Gasteiger charge is 2.48. The molecule has 126 valence electrons. The molecule has 0 fully saturated rings. The van der Waals surface area contributed by atoms with Crippen LogP contribution in [-0.2, 0) is 18.5 Å². The molecule has 0 heterocycles. The molecule has 0 aliphatic carbocycles. The Morgan fingerprint density at radius 1 is 0.591 bits per heavy atom. The molecule has 1 aromatic carbocycles. The maximum absolute atomic E-state index is 12.6. The van der Waals surface area contributed by atoms with Crippen molar-refractivity contribution in [2.24, 2.45) is 0 Å². The van der Waals surface area contributed by atoms with Crippen LogP contribution < -0.4 is 5.46 Å². The molecule has 0 atom stereocenters. The van der Waals surface area contributed by atoms with Crippen LogP contribution in [0.25, 0.3) is 0 Å². The van der Waals surface area contributed by atoms with Gasteiger partial charge in [0.05, 0.1) is 5.56 Å². The molecule has 0 aliphatic heterocycles. The Kier molecular flexibility index (Phi) is 4.19. The summed E-state index contributed by atoms with van der Waals surface area (Å²) in [6.07, 6.45) is -17.8. The molecule has 0 radical (unpaired) electrons. The lowest BCUT2D eigenvalue weighted by atomic mass is 9.72. The van der Waals surface area contributed by atoms with E-state index in [1.807, 2.05) is 0 Å². The summed E-state index contributed by atoms with van der Waals surface area (Å²) in [7, 11) is 0. The predicted molar refractivity (Wildman–Crippen MR) is 50.2 cm³/mol. The maximum Gasteiger partial charge on any atom is 0.510 e. The van der Waals surface area contributed by atoms with Crippen molar-refractivity contribution >= 4 is 12.4 Å². The van der Waals surface area contributed by atoms with Crippen molar-refractivity contribution in [3.8, 4) is 0 Å². The summed E-state index contributed by atoms with van der Waals surface area (Å²) in [5, 5.41) is 0. The van der Waals surface area contributed by atoms with Crippen molar-refractivity contribution in [1.82, 2.24) is 0 Å². The van der Waals surface area contributed by atoms with Gasteiger partial charge in [0, 0.05) is 11.1 Å². The van der Waals surface area contributed by atoms with Crippen molar-refractivity contribution < 1.29 is 52.5 Å². The summed E-state index contributed by atoms with van der Waals surface area (Å²) in [5.41, 5.74) is -11.7. The first-order valence-corrected chi connectivity index (χ1v) is 5.05. The molecule has 0 nitrogen and oxygen atoms in total. The number of alkyl halides is 9. The Hall–Kier alpha value is -1.56. The third-order valence-corrected chi connectivity index (χ3v) is 2.45. The summed E-state index contributed by atoms with van der Waals surface area (Å²) in [4.78, 5) is 0. The Morgan fingerprint density at radius 3 is 1.09 bits per heavy atom. The number of rotatable bonds is 1. The summed E-state index contributed by atoms with van der Waals surface area (Å²) < 4.78 is 150. The first kappa shape index (κ1) is 18.5. The first-order valence-electron chi connectivity index (χ1n) is 5.05. The highest BCUT2D eigenvalue weighted by atomic mass is 19.4. The quantitative estimate of drug-likeness (QED) is 0.505. The summed E-state index contributed by atoms with van der Waals surface area (Å²) in [6.45, 7) is -6.86. The molecule has 0 unspecified atom stereocenters. The number of hydrogen-bond donors (Lipinski definition) is 0. The van der Waals surface area contributed by atoms with Crippen LogP contribution >= 0.6 is 0 Å². The van der Waals surface area contributed by atoms with Crippen molar-refractivity contribution in [2.75, 3.05) is 0 Å². The lowest BCUT2D eigenvalue weighted by Gasteiger charge is -2.27.